The molecule has 3 aromatic rings. The van der Waals surface area contributed by atoms with Crippen molar-refractivity contribution in [2.24, 2.45) is 0 Å². The number of benzene rings is 2. The maximum Gasteiger partial charge on any atom is 0.219 e. The lowest BCUT2D eigenvalue weighted by Gasteiger charge is -2.28. The Morgan fingerprint density at radius 1 is 1.15 bits per heavy atom. The van der Waals surface area contributed by atoms with Gasteiger partial charge in [0.05, 0.1) is 18.9 Å². The van der Waals surface area contributed by atoms with E-state index in [4.69, 9.17) is 9.84 Å². The van der Waals surface area contributed by atoms with Crippen molar-refractivity contribution in [3.8, 4) is 17.0 Å². The predicted octanol–water partition coefficient (Wildman–Crippen LogP) is 3.39. The Morgan fingerprint density at radius 3 is 2.67 bits per heavy atom. The molecule has 2 heterocycles. The SMILES string of the molecule is COc1cc(-c2nn([C@H]3c4cc(F)cc(F)c4C[C@H]3O)c3c2CN(C(C)=O)CC3)ccc1F. The Kier molecular flexibility index (Phi) is 5.16. The van der Waals surface area contributed by atoms with Gasteiger partial charge in [-0.1, -0.05) is 0 Å². The van der Waals surface area contributed by atoms with Crippen LogP contribution < -0.4 is 4.74 Å². The number of nitrogens with zero attached hydrogens (tertiary/aromatic N) is 3. The van der Waals surface area contributed by atoms with Crippen LogP contribution in [-0.4, -0.2) is 45.5 Å². The lowest BCUT2D eigenvalue weighted by Crippen LogP contribution is -2.35. The highest BCUT2D eigenvalue weighted by Crippen LogP contribution is 2.41. The molecule has 6 nitrogen and oxygen atoms in total. The van der Waals surface area contributed by atoms with E-state index in [1.165, 1.54) is 32.2 Å². The number of carbonyl (C=O) groups excluding carboxylic acids is 1. The number of hydrogen-bond acceptors (Lipinski definition) is 4. The van der Waals surface area contributed by atoms with Crippen molar-refractivity contribution < 1.29 is 27.8 Å². The second-order valence-corrected chi connectivity index (χ2v) is 8.43. The predicted molar refractivity (Wildman–Crippen MR) is 113 cm³/mol. The first-order valence-corrected chi connectivity index (χ1v) is 10.6. The van der Waals surface area contributed by atoms with Crippen LogP contribution in [0.3, 0.4) is 0 Å². The van der Waals surface area contributed by atoms with Crippen molar-refractivity contribution in [2.45, 2.75) is 38.5 Å². The van der Waals surface area contributed by atoms with Crippen molar-refractivity contribution >= 4 is 5.91 Å². The second kappa shape index (κ2) is 7.91. The average Bonchev–Trinajstić information content (AvgIpc) is 3.31. The van der Waals surface area contributed by atoms with Gasteiger partial charge < -0.3 is 14.7 Å². The topological polar surface area (TPSA) is 67.6 Å². The van der Waals surface area contributed by atoms with Gasteiger partial charge in [0.15, 0.2) is 11.6 Å². The first-order valence-electron chi connectivity index (χ1n) is 10.6. The number of fused-ring (bicyclic) bond motifs is 2. The van der Waals surface area contributed by atoms with E-state index in [1.807, 2.05) is 0 Å². The minimum Gasteiger partial charge on any atom is -0.494 e. The fourth-order valence-corrected chi connectivity index (χ4v) is 4.91. The van der Waals surface area contributed by atoms with Gasteiger partial charge in [0.2, 0.25) is 5.91 Å². The Morgan fingerprint density at radius 2 is 1.94 bits per heavy atom. The molecule has 0 saturated carbocycles. The van der Waals surface area contributed by atoms with Crippen LogP contribution in [0.15, 0.2) is 30.3 Å². The van der Waals surface area contributed by atoms with E-state index in [2.05, 4.69) is 0 Å². The van der Waals surface area contributed by atoms with Gasteiger partial charge in [0, 0.05) is 55.7 Å². The van der Waals surface area contributed by atoms with E-state index < -0.39 is 29.6 Å². The number of aliphatic hydroxyl groups excluding tert-OH is 1. The van der Waals surface area contributed by atoms with Crippen LogP contribution in [-0.2, 0) is 24.2 Å². The fraction of sp³-hybridized carbons (Fsp3) is 0.333. The molecule has 0 unspecified atom stereocenters. The van der Waals surface area contributed by atoms with Crippen molar-refractivity contribution in [3.63, 3.8) is 0 Å². The highest BCUT2D eigenvalue weighted by atomic mass is 19.1. The summed E-state index contributed by atoms with van der Waals surface area (Å²) in [7, 11) is 1.36. The second-order valence-electron chi connectivity index (χ2n) is 8.43. The van der Waals surface area contributed by atoms with Crippen LogP contribution in [0.1, 0.15) is 35.3 Å². The Bertz CT molecular complexity index is 1270. The quantitative estimate of drug-likeness (QED) is 0.655. The van der Waals surface area contributed by atoms with Gasteiger partial charge in [-0.15, -0.1) is 0 Å². The van der Waals surface area contributed by atoms with Crippen LogP contribution in [0.25, 0.3) is 11.3 Å². The van der Waals surface area contributed by atoms with Crippen LogP contribution in [0.4, 0.5) is 13.2 Å². The molecule has 1 aliphatic carbocycles. The van der Waals surface area contributed by atoms with Gasteiger partial charge in [0.25, 0.3) is 0 Å². The molecule has 0 saturated heterocycles. The van der Waals surface area contributed by atoms with Gasteiger partial charge in [-0.25, -0.2) is 13.2 Å². The van der Waals surface area contributed by atoms with E-state index >= 15 is 0 Å². The molecular weight excluding hydrogens is 435 g/mol. The van der Waals surface area contributed by atoms with E-state index in [1.54, 1.807) is 15.6 Å². The monoisotopic (exact) mass is 457 g/mol. The number of aliphatic hydroxyl groups is 1. The van der Waals surface area contributed by atoms with Crippen LogP contribution >= 0.6 is 0 Å². The molecule has 172 valence electrons. The normalized spacial score (nSPS) is 19.4. The molecular formula is C24H22F3N3O3. The average molecular weight is 457 g/mol. The standard InChI is InChI=1S/C24H22F3N3O3/c1-12(31)29-6-5-20-17(11-29)23(13-3-4-18(26)22(7-13)33-2)28-30(20)24-16-8-14(25)9-19(27)15(16)10-21(24)32/h3-4,7-9,21,24,32H,5-6,10-11H2,1-2H3/t21-,24+/m1/s1. The molecule has 1 aliphatic heterocycles. The summed E-state index contributed by atoms with van der Waals surface area (Å²) >= 11 is 0. The summed E-state index contributed by atoms with van der Waals surface area (Å²) in [5.74, 6) is -1.99. The third-order valence-corrected chi connectivity index (χ3v) is 6.51. The van der Waals surface area contributed by atoms with Gasteiger partial charge in [0.1, 0.15) is 17.7 Å². The third kappa shape index (κ3) is 3.47. The van der Waals surface area contributed by atoms with E-state index in [-0.39, 0.29) is 30.2 Å². The third-order valence-electron chi connectivity index (χ3n) is 6.51. The fourth-order valence-electron chi connectivity index (χ4n) is 4.91. The summed E-state index contributed by atoms with van der Waals surface area (Å²) < 4.78 is 49.2. The van der Waals surface area contributed by atoms with E-state index in [0.717, 1.165) is 17.3 Å². The van der Waals surface area contributed by atoms with E-state index in [9.17, 15) is 23.1 Å². The van der Waals surface area contributed by atoms with Crippen LogP contribution in [0, 0.1) is 17.5 Å². The molecule has 2 aromatic carbocycles. The zero-order valence-corrected chi connectivity index (χ0v) is 18.1. The minimum atomic E-state index is -0.998. The number of carbonyl (C=O) groups is 1. The lowest BCUT2D eigenvalue weighted by molar-refractivity contribution is -0.129. The van der Waals surface area contributed by atoms with Gasteiger partial charge in [-0.05, 0) is 35.4 Å². The Hall–Kier alpha value is -3.33. The highest BCUT2D eigenvalue weighted by Gasteiger charge is 2.39. The molecule has 1 amide bonds. The number of rotatable bonds is 3. The summed E-state index contributed by atoms with van der Waals surface area (Å²) in [6.45, 7) is 2.22. The highest BCUT2D eigenvalue weighted by molar-refractivity contribution is 5.75. The summed E-state index contributed by atoms with van der Waals surface area (Å²) in [4.78, 5) is 13.7. The number of methoxy groups -OCH3 is 1. The number of ether oxygens (including phenoxy) is 1. The van der Waals surface area contributed by atoms with Crippen molar-refractivity contribution in [1.29, 1.82) is 0 Å². The molecule has 5 rings (SSSR count). The first-order chi connectivity index (χ1) is 15.8. The maximum atomic E-state index is 14.4. The van der Waals surface area contributed by atoms with Crippen molar-refractivity contribution in [1.82, 2.24) is 14.7 Å². The van der Waals surface area contributed by atoms with E-state index in [0.29, 0.717) is 29.8 Å². The summed E-state index contributed by atoms with van der Waals surface area (Å²) in [6.07, 6.45) is -0.502. The molecule has 9 heteroatoms. The largest absolute Gasteiger partial charge is 0.494 e. The van der Waals surface area contributed by atoms with Crippen molar-refractivity contribution in [2.75, 3.05) is 13.7 Å². The van der Waals surface area contributed by atoms with Gasteiger partial charge >= 0.3 is 0 Å². The summed E-state index contributed by atoms with van der Waals surface area (Å²) in [6, 6.07) is 5.63. The zero-order chi connectivity index (χ0) is 23.4. The molecule has 1 aromatic heterocycles. The smallest absolute Gasteiger partial charge is 0.219 e. The number of hydrogen-bond donors (Lipinski definition) is 1. The maximum absolute atomic E-state index is 14.4. The van der Waals surface area contributed by atoms with Gasteiger partial charge in [-0.3, -0.25) is 9.48 Å². The van der Waals surface area contributed by atoms with Gasteiger partial charge in [-0.2, -0.15) is 5.10 Å². The summed E-state index contributed by atoms with van der Waals surface area (Å²) in [5.41, 5.74) is 3.22. The molecule has 0 radical (unpaired) electrons. The number of amides is 1. The van der Waals surface area contributed by atoms with Crippen molar-refractivity contribution in [3.05, 3.63) is 70.2 Å². The first kappa shape index (κ1) is 21.5. The molecule has 0 spiro atoms. The number of halogens is 3. The Labute approximate surface area is 188 Å². The summed E-state index contributed by atoms with van der Waals surface area (Å²) in [5, 5.41) is 15.6. The molecule has 0 bridgehead atoms. The lowest BCUT2D eigenvalue weighted by atomic mass is 9.99. The van der Waals surface area contributed by atoms with Crippen LogP contribution in [0.5, 0.6) is 5.75 Å². The molecule has 2 aliphatic rings. The molecule has 33 heavy (non-hydrogen) atoms. The minimum absolute atomic E-state index is 0.0417. The number of aromatic nitrogens is 2. The Balaban J connectivity index is 1.70. The zero-order valence-electron chi connectivity index (χ0n) is 18.1. The van der Waals surface area contributed by atoms with Crippen LogP contribution in [0.2, 0.25) is 0 Å². The molecule has 2 atom stereocenters. The molecule has 0 fully saturated rings. The molecule has 1 N–H and O–H groups in total.